The fourth-order valence-electron chi connectivity index (χ4n) is 2.50. The van der Waals surface area contributed by atoms with Gasteiger partial charge in [0.25, 0.3) is 0 Å². The summed E-state index contributed by atoms with van der Waals surface area (Å²) in [5.41, 5.74) is 5.65. The molecule has 3 nitrogen and oxygen atoms in total. The van der Waals surface area contributed by atoms with Gasteiger partial charge in [-0.05, 0) is 44.2 Å². The zero-order valence-corrected chi connectivity index (χ0v) is 12.2. The Balaban J connectivity index is 2.15. The minimum atomic E-state index is -0.544. The largest absolute Gasteiger partial charge is 0.330 e. The van der Waals surface area contributed by atoms with Gasteiger partial charge in [0.15, 0.2) is 0 Å². The Morgan fingerprint density at radius 1 is 1.24 bits per heavy atom. The molecule has 102 valence electrons. The van der Waals surface area contributed by atoms with E-state index in [0.29, 0.717) is 0 Å². The SMILES string of the molecule is CC(C)C(CCN)CCCN1CCS(=O)CC1. The minimum Gasteiger partial charge on any atom is -0.330 e. The van der Waals surface area contributed by atoms with Crippen molar-refractivity contribution in [2.75, 3.05) is 37.7 Å². The third-order valence-corrected chi connectivity index (χ3v) is 5.08. The summed E-state index contributed by atoms with van der Waals surface area (Å²) in [6.45, 7) is 8.62. The van der Waals surface area contributed by atoms with Gasteiger partial charge < -0.3 is 10.6 Å². The second-order valence-corrected chi connectivity index (χ2v) is 7.11. The minimum absolute atomic E-state index is 0.544. The maximum absolute atomic E-state index is 11.2. The molecular formula is C13H28N2OS. The van der Waals surface area contributed by atoms with Gasteiger partial charge in [-0.15, -0.1) is 0 Å². The fraction of sp³-hybridized carbons (Fsp3) is 1.00. The molecule has 4 heteroatoms. The van der Waals surface area contributed by atoms with E-state index in [1.807, 2.05) is 0 Å². The third-order valence-electron chi connectivity index (χ3n) is 3.80. The van der Waals surface area contributed by atoms with Crippen molar-refractivity contribution < 1.29 is 4.21 Å². The van der Waals surface area contributed by atoms with Crippen LogP contribution < -0.4 is 5.73 Å². The third kappa shape index (κ3) is 5.98. The van der Waals surface area contributed by atoms with Gasteiger partial charge in [0.1, 0.15) is 0 Å². The highest BCUT2D eigenvalue weighted by Gasteiger charge is 2.16. The molecule has 0 aromatic carbocycles. The van der Waals surface area contributed by atoms with Gasteiger partial charge in [-0.25, -0.2) is 0 Å². The lowest BCUT2D eigenvalue weighted by Gasteiger charge is -2.27. The zero-order valence-electron chi connectivity index (χ0n) is 11.4. The maximum atomic E-state index is 11.2. The zero-order chi connectivity index (χ0) is 12.7. The van der Waals surface area contributed by atoms with Crippen molar-refractivity contribution in [2.24, 2.45) is 17.6 Å². The monoisotopic (exact) mass is 260 g/mol. The summed E-state index contributed by atoms with van der Waals surface area (Å²) in [6.07, 6.45) is 3.70. The first-order valence-electron chi connectivity index (χ1n) is 6.91. The van der Waals surface area contributed by atoms with Crippen LogP contribution in [0.3, 0.4) is 0 Å². The van der Waals surface area contributed by atoms with Gasteiger partial charge >= 0.3 is 0 Å². The molecule has 0 saturated carbocycles. The number of hydrogen-bond acceptors (Lipinski definition) is 3. The molecule has 1 atom stereocenters. The topological polar surface area (TPSA) is 46.3 Å². The molecule has 1 heterocycles. The molecule has 1 unspecified atom stereocenters. The Morgan fingerprint density at radius 3 is 2.41 bits per heavy atom. The van der Waals surface area contributed by atoms with E-state index < -0.39 is 10.8 Å². The number of rotatable bonds is 7. The molecule has 0 aromatic rings. The van der Waals surface area contributed by atoms with Gasteiger partial charge in [-0.3, -0.25) is 4.21 Å². The van der Waals surface area contributed by atoms with Gasteiger partial charge in [-0.2, -0.15) is 0 Å². The molecule has 0 aliphatic carbocycles. The highest BCUT2D eigenvalue weighted by molar-refractivity contribution is 7.85. The molecule has 0 aromatic heterocycles. The van der Waals surface area contributed by atoms with Crippen molar-refractivity contribution in [3.05, 3.63) is 0 Å². The quantitative estimate of drug-likeness (QED) is 0.754. The van der Waals surface area contributed by atoms with Crippen LogP contribution in [0.5, 0.6) is 0 Å². The van der Waals surface area contributed by atoms with Crippen LogP contribution in [0.1, 0.15) is 33.1 Å². The molecule has 0 radical (unpaired) electrons. The van der Waals surface area contributed by atoms with Gasteiger partial charge in [0.2, 0.25) is 0 Å². The normalized spacial score (nSPS) is 20.9. The smallest absolute Gasteiger partial charge is 0.0363 e. The van der Waals surface area contributed by atoms with Crippen LogP contribution in [0.15, 0.2) is 0 Å². The van der Waals surface area contributed by atoms with Gasteiger partial charge in [-0.1, -0.05) is 13.8 Å². The molecule has 17 heavy (non-hydrogen) atoms. The molecule has 1 saturated heterocycles. The molecular weight excluding hydrogens is 232 g/mol. The van der Waals surface area contributed by atoms with Crippen molar-refractivity contribution in [3.8, 4) is 0 Å². The van der Waals surface area contributed by atoms with Gasteiger partial charge in [0.05, 0.1) is 0 Å². The van der Waals surface area contributed by atoms with Gasteiger partial charge in [0, 0.05) is 35.4 Å². The van der Waals surface area contributed by atoms with E-state index >= 15 is 0 Å². The number of nitrogens with zero attached hydrogens (tertiary/aromatic N) is 1. The van der Waals surface area contributed by atoms with E-state index in [9.17, 15) is 4.21 Å². The van der Waals surface area contributed by atoms with Crippen LogP contribution in [0.25, 0.3) is 0 Å². The maximum Gasteiger partial charge on any atom is 0.0363 e. The van der Waals surface area contributed by atoms with E-state index in [1.54, 1.807) is 0 Å². The Hall–Kier alpha value is 0.0700. The van der Waals surface area contributed by atoms with Crippen molar-refractivity contribution >= 4 is 10.8 Å². The summed E-state index contributed by atoms with van der Waals surface area (Å²) in [7, 11) is -0.544. The molecule has 2 N–H and O–H groups in total. The highest BCUT2D eigenvalue weighted by atomic mass is 32.2. The standard InChI is InChI=1S/C13H28N2OS/c1-12(2)13(5-6-14)4-3-7-15-8-10-17(16)11-9-15/h12-13H,3-11,14H2,1-2H3. The summed E-state index contributed by atoms with van der Waals surface area (Å²) < 4.78 is 11.2. The first-order chi connectivity index (χ1) is 8.13. The molecule has 1 aliphatic rings. The number of hydrogen-bond donors (Lipinski definition) is 1. The summed E-state index contributed by atoms with van der Waals surface area (Å²) in [4.78, 5) is 2.46. The van der Waals surface area contributed by atoms with Crippen molar-refractivity contribution in [2.45, 2.75) is 33.1 Å². The second kappa shape index (κ2) is 8.22. The van der Waals surface area contributed by atoms with E-state index in [1.165, 1.54) is 19.4 Å². The van der Waals surface area contributed by atoms with E-state index in [0.717, 1.165) is 49.4 Å². The predicted octanol–water partition coefficient (Wildman–Crippen LogP) is 1.45. The molecule has 0 amide bonds. The number of nitrogens with two attached hydrogens (primary N) is 1. The van der Waals surface area contributed by atoms with Crippen molar-refractivity contribution in [1.82, 2.24) is 4.90 Å². The average molecular weight is 260 g/mol. The lowest BCUT2D eigenvalue weighted by molar-refractivity contribution is 0.263. The van der Waals surface area contributed by atoms with E-state index in [-0.39, 0.29) is 0 Å². The molecule has 1 fully saturated rings. The van der Waals surface area contributed by atoms with E-state index in [4.69, 9.17) is 5.73 Å². The summed E-state index contributed by atoms with van der Waals surface area (Å²) in [6, 6.07) is 0. The Kier molecular flexibility index (Phi) is 7.32. The highest BCUT2D eigenvalue weighted by Crippen LogP contribution is 2.20. The predicted molar refractivity (Wildman–Crippen MR) is 75.5 cm³/mol. The molecule has 1 rings (SSSR count). The summed E-state index contributed by atoms with van der Waals surface area (Å²) in [5.74, 6) is 3.26. The first-order valence-corrected chi connectivity index (χ1v) is 8.39. The van der Waals surface area contributed by atoms with Crippen LogP contribution in [-0.2, 0) is 10.8 Å². The Morgan fingerprint density at radius 2 is 1.88 bits per heavy atom. The molecule has 0 bridgehead atoms. The molecule has 0 spiro atoms. The summed E-state index contributed by atoms with van der Waals surface area (Å²) in [5, 5.41) is 0. The second-order valence-electron chi connectivity index (χ2n) is 5.41. The van der Waals surface area contributed by atoms with Crippen molar-refractivity contribution in [1.29, 1.82) is 0 Å². The van der Waals surface area contributed by atoms with Crippen LogP contribution in [-0.4, -0.2) is 46.8 Å². The lowest BCUT2D eigenvalue weighted by Crippen LogP contribution is -2.38. The van der Waals surface area contributed by atoms with Crippen molar-refractivity contribution in [3.63, 3.8) is 0 Å². The van der Waals surface area contributed by atoms with Crippen LogP contribution >= 0.6 is 0 Å². The lowest BCUT2D eigenvalue weighted by atomic mass is 9.88. The van der Waals surface area contributed by atoms with E-state index in [2.05, 4.69) is 18.7 Å². The average Bonchev–Trinajstić information content (AvgIpc) is 2.30. The van der Waals surface area contributed by atoms with Crippen LogP contribution in [0.4, 0.5) is 0 Å². The fourth-order valence-corrected chi connectivity index (χ4v) is 3.63. The van der Waals surface area contributed by atoms with Crippen LogP contribution in [0.2, 0.25) is 0 Å². The molecule has 1 aliphatic heterocycles. The van der Waals surface area contributed by atoms with Crippen LogP contribution in [0, 0.1) is 11.8 Å². The first kappa shape index (κ1) is 15.1. The Labute approximate surface area is 109 Å². The Bertz CT molecular complexity index is 223. The summed E-state index contributed by atoms with van der Waals surface area (Å²) >= 11 is 0.